The Balaban J connectivity index is 1.78. The van der Waals surface area contributed by atoms with Crippen LogP contribution in [0.4, 0.5) is 5.13 Å². The number of rotatable bonds is 3. The molecule has 1 N–H and O–H groups in total. The van der Waals surface area contributed by atoms with Crippen molar-refractivity contribution in [3.8, 4) is 0 Å². The molecule has 0 amide bonds. The van der Waals surface area contributed by atoms with E-state index < -0.39 is 0 Å². The quantitative estimate of drug-likeness (QED) is 0.767. The maximum atomic E-state index is 5.51. The third kappa shape index (κ3) is 2.42. The maximum absolute atomic E-state index is 5.51. The lowest BCUT2D eigenvalue weighted by molar-refractivity contribution is 0.490. The number of hydrogen-bond donors (Lipinski definition) is 1. The first-order valence-corrected chi connectivity index (χ1v) is 7.17. The summed E-state index contributed by atoms with van der Waals surface area (Å²) in [6.07, 6.45) is 0. The van der Waals surface area contributed by atoms with Gasteiger partial charge < -0.3 is 9.73 Å². The first kappa shape index (κ1) is 11.7. The fourth-order valence-electron chi connectivity index (χ4n) is 1.72. The number of nitrogens with one attached hydrogen (secondary N) is 1. The number of fused-ring (bicyclic) bond motifs is 1. The summed E-state index contributed by atoms with van der Waals surface area (Å²) >= 11 is 5.10. The van der Waals surface area contributed by atoms with Crippen LogP contribution in [0.5, 0.6) is 0 Å². The third-order valence-electron chi connectivity index (χ3n) is 2.56. The summed E-state index contributed by atoms with van der Waals surface area (Å²) in [4.78, 5) is 4.53. The van der Waals surface area contributed by atoms with Gasteiger partial charge in [-0.1, -0.05) is 27.3 Å². The van der Waals surface area contributed by atoms with Crippen LogP contribution in [0.15, 0.2) is 39.2 Å². The second kappa shape index (κ2) is 4.74. The molecule has 92 valence electrons. The Morgan fingerprint density at radius 3 is 3.00 bits per heavy atom. The average Bonchev–Trinajstić information content (AvgIpc) is 2.92. The van der Waals surface area contributed by atoms with Crippen LogP contribution >= 0.6 is 27.3 Å². The van der Waals surface area contributed by atoms with E-state index in [1.165, 1.54) is 4.70 Å². The van der Waals surface area contributed by atoms with Crippen molar-refractivity contribution in [3.05, 3.63) is 46.3 Å². The average molecular weight is 323 g/mol. The molecular formula is C13H11BrN2OS. The molecule has 0 aliphatic rings. The van der Waals surface area contributed by atoms with Crippen LogP contribution < -0.4 is 5.32 Å². The normalized spacial score (nSPS) is 11.0. The lowest BCUT2D eigenvalue weighted by Crippen LogP contribution is -1.96. The minimum atomic E-state index is 0.662. The van der Waals surface area contributed by atoms with Gasteiger partial charge in [-0.2, -0.15) is 0 Å². The summed E-state index contributed by atoms with van der Waals surface area (Å²) in [5.41, 5.74) is 1.01. The highest BCUT2D eigenvalue weighted by atomic mass is 79.9. The second-order valence-corrected chi connectivity index (χ2v) is 5.94. The first-order valence-electron chi connectivity index (χ1n) is 5.56. The van der Waals surface area contributed by atoms with Gasteiger partial charge in [0.05, 0.1) is 16.8 Å². The zero-order chi connectivity index (χ0) is 12.5. The predicted molar refractivity (Wildman–Crippen MR) is 78.1 cm³/mol. The smallest absolute Gasteiger partial charge is 0.184 e. The third-order valence-corrected chi connectivity index (χ3v) is 4.05. The summed E-state index contributed by atoms with van der Waals surface area (Å²) in [6, 6.07) is 10.1. The Hall–Kier alpha value is -1.33. The number of aryl methyl sites for hydroxylation is 1. The van der Waals surface area contributed by atoms with Gasteiger partial charge >= 0.3 is 0 Å². The van der Waals surface area contributed by atoms with E-state index in [-0.39, 0.29) is 0 Å². The molecule has 0 aliphatic carbocycles. The molecule has 0 fully saturated rings. The van der Waals surface area contributed by atoms with E-state index in [2.05, 4.69) is 32.3 Å². The van der Waals surface area contributed by atoms with Gasteiger partial charge in [-0.15, -0.1) is 0 Å². The van der Waals surface area contributed by atoms with E-state index in [1.807, 2.05) is 31.2 Å². The van der Waals surface area contributed by atoms with Gasteiger partial charge in [-0.05, 0) is 37.3 Å². The van der Waals surface area contributed by atoms with Crippen molar-refractivity contribution in [2.75, 3.05) is 5.32 Å². The molecule has 3 nitrogen and oxygen atoms in total. The fraction of sp³-hybridized carbons (Fsp3) is 0.154. The van der Waals surface area contributed by atoms with Crippen LogP contribution in [0.1, 0.15) is 11.5 Å². The summed E-state index contributed by atoms with van der Waals surface area (Å²) in [5.74, 6) is 1.85. The first-order chi connectivity index (χ1) is 8.70. The lowest BCUT2D eigenvalue weighted by atomic mass is 10.3. The van der Waals surface area contributed by atoms with E-state index >= 15 is 0 Å². The standard InChI is InChI=1S/C13H11BrN2OS/c1-8-2-4-10(17-8)7-15-13-16-11-6-9(14)3-5-12(11)18-13/h2-6H,7H2,1H3,(H,15,16). The van der Waals surface area contributed by atoms with Gasteiger partial charge in [0.2, 0.25) is 0 Å². The van der Waals surface area contributed by atoms with Crippen LogP contribution in [0, 0.1) is 6.92 Å². The van der Waals surface area contributed by atoms with Crippen LogP contribution in [0.3, 0.4) is 0 Å². The summed E-state index contributed by atoms with van der Waals surface area (Å²) in [5, 5.41) is 4.20. The Morgan fingerprint density at radius 1 is 1.33 bits per heavy atom. The second-order valence-electron chi connectivity index (χ2n) is 4.00. The Bertz CT molecular complexity index is 689. The van der Waals surface area contributed by atoms with E-state index in [4.69, 9.17) is 4.42 Å². The van der Waals surface area contributed by atoms with Gasteiger partial charge in [0, 0.05) is 4.47 Å². The van der Waals surface area contributed by atoms with Crippen molar-refractivity contribution in [1.82, 2.24) is 4.98 Å². The number of aromatic nitrogens is 1. The SMILES string of the molecule is Cc1ccc(CNc2nc3cc(Br)ccc3s2)o1. The molecule has 0 unspecified atom stereocenters. The zero-order valence-electron chi connectivity index (χ0n) is 9.74. The molecule has 0 saturated heterocycles. The number of anilines is 1. The Kier molecular flexibility index (Phi) is 3.09. The highest BCUT2D eigenvalue weighted by molar-refractivity contribution is 9.10. The molecule has 0 aliphatic heterocycles. The molecular weight excluding hydrogens is 312 g/mol. The van der Waals surface area contributed by atoms with Crippen molar-refractivity contribution in [2.24, 2.45) is 0 Å². The van der Waals surface area contributed by atoms with E-state index in [0.717, 1.165) is 26.6 Å². The number of halogens is 1. The molecule has 3 rings (SSSR count). The van der Waals surface area contributed by atoms with Crippen molar-refractivity contribution in [1.29, 1.82) is 0 Å². The molecule has 18 heavy (non-hydrogen) atoms. The number of hydrogen-bond acceptors (Lipinski definition) is 4. The topological polar surface area (TPSA) is 38.1 Å². The molecule has 0 saturated carbocycles. The summed E-state index contributed by atoms with van der Waals surface area (Å²) in [7, 11) is 0. The number of nitrogens with zero attached hydrogens (tertiary/aromatic N) is 1. The van der Waals surface area contributed by atoms with Crippen LogP contribution in [0.25, 0.3) is 10.2 Å². The zero-order valence-corrected chi connectivity index (χ0v) is 12.1. The highest BCUT2D eigenvalue weighted by Gasteiger charge is 2.05. The number of thiazole rings is 1. The molecule has 0 atom stereocenters. The molecule has 1 aromatic carbocycles. The number of furan rings is 1. The summed E-state index contributed by atoms with van der Waals surface area (Å²) in [6.45, 7) is 2.60. The van der Waals surface area contributed by atoms with Crippen molar-refractivity contribution < 1.29 is 4.42 Å². The molecule has 0 spiro atoms. The minimum Gasteiger partial charge on any atom is -0.465 e. The molecule has 5 heteroatoms. The molecule has 0 radical (unpaired) electrons. The van der Waals surface area contributed by atoms with E-state index in [0.29, 0.717) is 6.54 Å². The predicted octanol–water partition coefficient (Wildman–Crippen LogP) is 4.57. The van der Waals surface area contributed by atoms with Gasteiger partial charge in [0.15, 0.2) is 5.13 Å². The molecule has 0 bridgehead atoms. The van der Waals surface area contributed by atoms with Gasteiger partial charge in [-0.25, -0.2) is 4.98 Å². The van der Waals surface area contributed by atoms with Gasteiger partial charge in [0.25, 0.3) is 0 Å². The molecule has 2 heterocycles. The molecule has 2 aromatic heterocycles. The van der Waals surface area contributed by atoms with Crippen molar-refractivity contribution >= 4 is 42.6 Å². The highest BCUT2D eigenvalue weighted by Crippen LogP contribution is 2.28. The Labute approximate surface area is 117 Å². The lowest BCUT2D eigenvalue weighted by Gasteiger charge is -1.97. The maximum Gasteiger partial charge on any atom is 0.184 e. The van der Waals surface area contributed by atoms with E-state index in [9.17, 15) is 0 Å². The molecule has 3 aromatic rings. The monoisotopic (exact) mass is 322 g/mol. The largest absolute Gasteiger partial charge is 0.465 e. The fourth-order valence-corrected chi connectivity index (χ4v) is 2.91. The summed E-state index contributed by atoms with van der Waals surface area (Å²) < 4.78 is 7.73. The van der Waals surface area contributed by atoms with Gasteiger partial charge in [0.1, 0.15) is 11.5 Å². The van der Waals surface area contributed by atoms with Crippen LogP contribution in [0.2, 0.25) is 0 Å². The minimum absolute atomic E-state index is 0.662. The van der Waals surface area contributed by atoms with Crippen LogP contribution in [-0.2, 0) is 6.54 Å². The van der Waals surface area contributed by atoms with Gasteiger partial charge in [-0.3, -0.25) is 0 Å². The Morgan fingerprint density at radius 2 is 2.22 bits per heavy atom. The van der Waals surface area contributed by atoms with Crippen molar-refractivity contribution in [2.45, 2.75) is 13.5 Å². The van der Waals surface area contributed by atoms with E-state index in [1.54, 1.807) is 11.3 Å². The van der Waals surface area contributed by atoms with Crippen LogP contribution in [-0.4, -0.2) is 4.98 Å². The number of benzene rings is 1. The van der Waals surface area contributed by atoms with Crippen molar-refractivity contribution in [3.63, 3.8) is 0 Å².